The van der Waals surface area contributed by atoms with Crippen LogP contribution < -0.4 is 16.7 Å². The summed E-state index contributed by atoms with van der Waals surface area (Å²) in [6.45, 7) is 0. The van der Waals surface area contributed by atoms with Crippen LogP contribution in [0.15, 0.2) is 105 Å². The first-order valence-electron chi connectivity index (χ1n) is 13.1. The topological polar surface area (TPSA) is 65.0 Å². The van der Waals surface area contributed by atoms with Gasteiger partial charge in [0.1, 0.15) is 0 Å². The number of hydrogen-bond acceptors (Lipinski definition) is 3. The quantitative estimate of drug-likeness (QED) is 0.279. The maximum Gasteiger partial charge on any atom is 0.266 e. The summed E-state index contributed by atoms with van der Waals surface area (Å²) in [5, 5.41) is 4.42. The van der Waals surface area contributed by atoms with Crippen molar-refractivity contribution in [1.82, 2.24) is 13.4 Å². The number of hydrogen-bond donors (Lipinski definition) is 0. The Balaban J connectivity index is 1.77. The molecular formula is C33H19N3O3. The lowest BCUT2D eigenvalue weighted by molar-refractivity contribution is 0.907. The monoisotopic (exact) mass is 505 g/mol. The molecule has 184 valence electrons. The van der Waals surface area contributed by atoms with E-state index < -0.39 is 0 Å². The van der Waals surface area contributed by atoms with Crippen LogP contribution in [0.1, 0.15) is 12.8 Å². The summed E-state index contributed by atoms with van der Waals surface area (Å²) in [5.74, 6) is 0. The van der Waals surface area contributed by atoms with Crippen molar-refractivity contribution in [2.75, 3.05) is 0 Å². The van der Waals surface area contributed by atoms with Gasteiger partial charge in [0.2, 0.25) is 0 Å². The molecule has 4 heterocycles. The summed E-state index contributed by atoms with van der Waals surface area (Å²) in [4.78, 5) is 42.9. The Morgan fingerprint density at radius 2 is 1.05 bits per heavy atom. The Kier molecular flexibility index (Phi) is 3.73. The number of rotatable bonds is 1. The van der Waals surface area contributed by atoms with Gasteiger partial charge < -0.3 is 4.40 Å². The van der Waals surface area contributed by atoms with Gasteiger partial charge in [-0.2, -0.15) is 0 Å². The lowest BCUT2D eigenvalue weighted by atomic mass is 10.0. The highest BCUT2D eigenvalue weighted by atomic mass is 16.2. The maximum absolute atomic E-state index is 14.3. The van der Waals surface area contributed by atoms with Crippen molar-refractivity contribution in [1.29, 1.82) is 0 Å². The molecule has 0 saturated heterocycles. The molecule has 6 heteroatoms. The summed E-state index contributed by atoms with van der Waals surface area (Å²) in [6, 6.07) is 23.2. The van der Waals surface area contributed by atoms with Crippen LogP contribution in [0, 0.1) is 0 Å². The zero-order chi connectivity index (χ0) is 26.0. The molecule has 4 aromatic carbocycles. The van der Waals surface area contributed by atoms with E-state index in [2.05, 4.69) is 4.40 Å². The van der Waals surface area contributed by atoms with E-state index in [0.717, 1.165) is 44.6 Å². The Morgan fingerprint density at radius 1 is 0.538 bits per heavy atom. The standard InChI is InChI=1S/C33H19N3O3/c37-31-21-14-6-9-17-24(21)35-22-15-7-4-12-19(22)25-27-28(33(39)34(32(27)38)18-10-2-1-3-11-18)26-20-13-5-8-16-23(20)36(31)30(26)29(25)35/h1-2,4-10,12-17H,3,11H2. The van der Waals surface area contributed by atoms with E-state index in [0.29, 0.717) is 39.2 Å². The number of para-hydroxylation sites is 3. The van der Waals surface area contributed by atoms with Crippen LogP contribution in [-0.2, 0) is 0 Å². The third-order valence-corrected chi connectivity index (χ3v) is 8.42. The molecule has 0 spiro atoms. The molecule has 0 saturated carbocycles. The second-order valence-corrected chi connectivity index (χ2v) is 10.3. The van der Waals surface area contributed by atoms with E-state index in [1.54, 1.807) is 4.40 Å². The molecule has 0 unspecified atom stereocenters. The average Bonchev–Trinajstić information content (AvgIpc) is 3.55. The molecular weight excluding hydrogens is 486 g/mol. The summed E-state index contributed by atoms with van der Waals surface area (Å²) >= 11 is 0. The van der Waals surface area contributed by atoms with Gasteiger partial charge in [-0.3, -0.25) is 18.8 Å². The molecule has 1 aliphatic carbocycles. The lowest BCUT2D eigenvalue weighted by Gasteiger charge is -2.07. The molecule has 0 N–H and O–H groups in total. The van der Waals surface area contributed by atoms with Gasteiger partial charge >= 0.3 is 0 Å². The van der Waals surface area contributed by atoms with E-state index in [4.69, 9.17) is 0 Å². The second-order valence-electron chi connectivity index (χ2n) is 10.3. The zero-order valence-corrected chi connectivity index (χ0v) is 20.6. The second kappa shape index (κ2) is 6.99. The van der Waals surface area contributed by atoms with Crippen molar-refractivity contribution in [2.24, 2.45) is 0 Å². The van der Waals surface area contributed by atoms with Crippen LogP contribution in [0.25, 0.3) is 71.0 Å². The molecule has 8 aromatic rings. The largest absolute Gasteiger partial charge is 0.306 e. The van der Waals surface area contributed by atoms with Crippen molar-refractivity contribution in [2.45, 2.75) is 12.8 Å². The molecule has 0 bridgehead atoms. The van der Waals surface area contributed by atoms with Crippen LogP contribution in [0.5, 0.6) is 0 Å². The van der Waals surface area contributed by atoms with Crippen LogP contribution >= 0.6 is 0 Å². The molecule has 0 amide bonds. The number of nitrogens with zero attached hydrogens (tertiary/aromatic N) is 3. The maximum atomic E-state index is 14.3. The number of allylic oxidation sites excluding steroid dienone is 4. The normalized spacial score (nSPS) is 14.3. The predicted molar refractivity (Wildman–Crippen MR) is 158 cm³/mol. The van der Waals surface area contributed by atoms with E-state index in [9.17, 15) is 14.4 Å². The third-order valence-electron chi connectivity index (χ3n) is 8.42. The highest BCUT2D eigenvalue weighted by Gasteiger charge is 2.29. The van der Waals surface area contributed by atoms with Crippen LogP contribution in [0.2, 0.25) is 0 Å². The fourth-order valence-corrected chi connectivity index (χ4v) is 6.90. The Hall–Kier alpha value is -5.23. The van der Waals surface area contributed by atoms with Gasteiger partial charge in [-0.1, -0.05) is 60.7 Å². The fourth-order valence-electron chi connectivity index (χ4n) is 6.90. The van der Waals surface area contributed by atoms with Crippen molar-refractivity contribution < 1.29 is 0 Å². The highest BCUT2D eigenvalue weighted by Crippen LogP contribution is 2.43. The van der Waals surface area contributed by atoms with Crippen molar-refractivity contribution >= 4 is 71.0 Å². The van der Waals surface area contributed by atoms with E-state index in [1.165, 1.54) is 4.57 Å². The lowest BCUT2D eigenvalue weighted by Crippen LogP contribution is -2.25. The van der Waals surface area contributed by atoms with E-state index in [-0.39, 0.29) is 16.7 Å². The van der Waals surface area contributed by atoms with Crippen molar-refractivity contribution in [3.8, 4) is 0 Å². The first-order valence-corrected chi connectivity index (χ1v) is 13.1. The van der Waals surface area contributed by atoms with E-state index >= 15 is 0 Å². The first-order chi connectivity index (χ1) is 19.2. The molecule has 0 radical (unpaired) electrons. The molecule has 4 aromatic heterocycles. The van der Waals surface area contributed by atoms with Gasteiger partial charge in [-0.15, -0.1) is 0 Å². The SMILES string of the molecule is O=c1c2c(c(=O)n1C1=CC=CCC1)c1c3ccccc3n3c4ccccc4c(=O)n4c5ccccc5c2c4c13. The van der Waals surface area contributed by atoms with Gasteiger partial charge in [0.05, 0.1) is 43.7 Å². The molecule has 0 aliphatic heterocycles. The molecule has 9 rings (SSSR count). The minimum atomic E-state index is -0.326. The number of fused-ring (bicyclic) bond motifs is 11. The van der Waals surface area contributed by atoms with Gasteiger partial charge in [0.25, 0.3) is 16.7 Å². The van der Waals surface area contributed by atoms with Gasteiger partial charge in [-0.05, 0) is 43.2 Å². The Labute approximate surface area is 219 Å². The average molecular weight is 506 g/mol. The third kappa shape index (κ3) is 2.31. The van der Waals surface area contributed by atoms with Crippen LogP contribution in [0.4, 0.5) is 0 Å². The van der Waals surface area contributed by atoms with Gasteiger partial charge in [0.15, 0.2) is 0 Å². The smallest absolute Gasteiger partial charge is 0.266 e. The van der Waals surface area contributed by atoms with E-state index in [1.807, 2.05) is 91.0 Å². The number of benzene rings is 4. The zero-order valence-electron chi connectivity index (χ0n) is 20.6. The summed E-state index contributed by atoms with van der Waals surface area (Å²) in [6.07, 6.45) is 7.18. The number of aromatic nitrogens is 3. The molecule has 1 aliphatic rings. The van der Waals surface area contributed by atoms with Gasteiger partial charge in [0, 0.05) is 27.2 Å². The summed E-state index contributed by atoms with van der Waals surface area (Å²) in [7, 11) is 0. The fraction of sp³-hybridized carbons (Fsp3) is 0.0606. The summed E-state index contributed by atoms with van der Waals surface area (Å²) < 4.78 is 5.20. The van der Waals surface area contributed by atoms with Crippen LogP contribution in [-0.4, -0.2) is 13.4 Å². The minimum absolute atomic E-state index is 0.153. The summed E-state index contributed by atoms with van der Waals surface area (Å²) in [5.41, 5.74) is 3.73. The Bertz CT molecular complexity index is 2610. The van der Waals surface area contributed by atoms with Crippen molar-refractivity contribution in [3.05, 3.63) is 122 Å². The Morgan fingerprint density at radius 3 is 1.64 bits per heavy atom. The molecule has 39 heavy (non-hydrogen) atoms. The first kappa shape index (κ1) is 20.8. The van der Waals surface area contributed by atoms with Crippen LogP contribution in [0.3, 0.4) is 0 Å². The predicted octanol–water partition coefficient (Wildman–Crippen LogP) is 5.91. The molecule has 0 fully saturated rings. The van der Waals surface area contributed by atoms with Crippen molar-refractivity contribution in [3.63, 3.8) is 0 Å². The molecule has 6 nitrogen and oxygen atoms in total. The molecule has 0 atom stereocenters. The highest BCUT2D eigenvalue weighted by molar-refractivity contribution is 6.36. The minimum Gasteiger partial charge on any atom is -0.306 e. The van der Waals surface area contributed by atoms with Gasteiger partial charge in [-0.25, -0.2) is 4.57 Å².